The molecule has 1 atom stereocenters. The van der Waals surface area contributed by atoms with Gasteiger partial charge in [0.1, 0.15) is 28.8 Å². The Kier molecular flexibility index (Phi) is 4.26. The van der Waals surface area contributed by atoms with E-state index in [0.29, 0.717) is 36.2 Å². The Labute approximate surface area is 134 Å². The fraction of sp³-hybridized carbons (Fsp3) is 0.571. The molecule has 0 spiro atoms. The monoisotopic (exact) mass is 340 g/mol. The van der Waals surface area contributed by atoms with Gasteiger partial charge in [-0.1, -0.05) is 0 Å². The van der Waals surface area contributed by atoms with E-state index in [1.54, 1.807) is 25.6 Å². The fourth-order valence-electron chi connectivity index (χ4n) is 2.83. The Morgan fingerprint density at radius 3 is 2.91 bits per heavy atom. The molecule has 1 aliphatic rings. The molecule has 0 fully saturated rings. The minimum absolute atomic E-state index is 0.170. The van der Waals surface area contributed by atoms with Crippen molar-refractivity contribution in [1.82, 2.24) is 19.5 Å². The number of aromatic nitrogens is 3. The first-order valence-corrected chi connectivity index (χ1v) is 8.91. The van der Waals surface area contributed by atoms with E-state index in [9.17, 15) is 8.42 Å². The van der Waals surface area contributed by atoms with Crippen molar-refractivity contribution < 1.29 is 17.6 Å². The van der Waals surface area contributed by atoms with Crippen LogP contribution in [0.4, 0.5) is 0 Å². The highest BCUT2D eigenvalue weighted by molar-refractivity contribution is 7.89. The summed E-state index contributed by atoms with van der Waals surface area (Å²) < 4.78 is 40.1. The first-order chi connectivity index (χ1) is 10.9. The smallest absolute Gasteiger partial charge is 0.244 e. The maximum absolute atomic E-state index is 12.6. The summed E-state index contributed by atoms with van der Waals surface area (Å²) in [4.78, 5) is 4.57. The number of sulfonamides is 1. The molecule has 8 nitrogen and oxygen atoms in total. The molecule has 0 bridgehead atoms. The third-order valence-electron chi connectivity index (χ3n) is 3.77. The van der Waals surface area contributed by atoms with Gasteiger partial charge in [0.25, 0.3) is 0 Å². The van der Waals surface area contributed by atoms with Gasteiger partial charge in [-0.25, -0.2) is 22.8 Å². The lowest BCUT2D eigenvalue weighted by atomic mass is 10.1. The minimum Gasteiger partial charge on any atom is -0.465 e. The number of nitrogens with one attached hydrogen (secondary N) is 1. The van der Waals surface area contributed by atoms with Crippen LogP contribution in [-0.4, -0.2) is 30.3 Å². The minimum atomic E-state index is -3.67. The number of fused-ring (bicyclic) bond motifs is 1. The van der Waals surface area contributed by atoms with Crippen molar-refractivity contribution in [2.45, 2.75) is 50.8 Å². The van der Waals surface area contributed by atoms with Crippen molar-refractivity contribution in [3.63, 3.8) is 0 Å². The van der Waals surface area contributed by atoms with Gasteiger partial charge in [-0.3, -0.25) is 0 Å². The number of ether oxygens (including phenoxy) is 1. The van der Waals surface area contributed by atoms with Crippen LogP contribution in [0, 0.1) is 13.8 Å². The van der Waals surface area contributed by atoms with E-state index < -0.39 is 16.1 Å². The van der Waals surface area contributed by atoms with E-state index >= 15 is 0 Å². The van der Waals surface area contributed by atoms with Gasteiger partial charge in [0.15, 0.2) is 5.82 Å². The van der Waals surface area contributed by atoms with E-state index in [2.05, 4.69) is 14.8 Å². The van der Waals surface area contributed by atoms with E-state index in [-0.39, 0.29) is 4.90 Å². The molecule has 23 heavy (non-hydrogen) atoms. The first kappa shape index (κ1) is 16.2. The fourth-order valence-corrected chi connectivity index (χ4v) is 4.29. The molecule has 2 aromatic heterocycles. The Balaban J connectivity index is 1.88. The zero-order valence-corrected chi connectivity index (χ0v) is 14.2. The van der Waals surface area contributed by atoms with Gasteiger partial charge < -0.3 is 9.15 Å². The van der Waals surface area contributed by atoms with Crippen LogP contribution in [-0.2, 0) is 27.9 Å². The molecule has 9 heteroatoms. The highest BCUT2D eigenvalue weighted by Gasteiger charge is 2.30. The second kappa shape index (κ2) is 6.06. The van der Waals surface area contributed by atoms with E-state index in [4.69, 9.17) is 9.15 Å². The molecular weight excluding hydrogens is 320 g/mol. The first-order valence-electron chi connectivity index (χ1n) is 7.42. The molecule has 0 amide bonds. The lowest BCUT2D eigenvalue weighted by molar-refractivity contribution is 0.177. The van der Waals surface area contributed by atoms with E-state index in [1.165, 1.54) is 6.07 Å². The molecular formula is C14H20N4O4S. The number of rotatable bonds is 5. The summed E-state index contributed by atoms with van der Waals surface area (Å²) in [5.41, 5.74) is 0. The second-order valence-electron chi connectivity index (χ2n) is 5.64. The van der Waals surface area contributed by atoms with Crippen molar-refractivity contribution in [3.8, 4) is 0 Å². The Hall–Kier alpha value is -1.71. The molecule has 0 aliphatic carbocycles. The number of nitrogens with zero attached hydrogens (tertiary/aromatic N) is 3. The lowest BCUT2D eigenvalue weighted by Crippen LogP contribution is -2.33. The zero-order chi connectivity index (χ0) is 16.6. The maximum Gasteiger partial charge on any atom is 0.244 e. The van der Waals surface area contributed by atoms with Gasteiger partial charge >= 0.3 is 0 Å². The number of hydrogen-bond donors (Lipinski definition) is 1. The molecule has 0 saturated carbocycles. The molecule has 0 unspecified atom stereocenters. The van der Waals surface area contributed by atoms with Gasteiger partial charge in [0.05, 0.1) is 6.04 Å². The zero-order valence-electron chi connectivity index (χ0n) is 13.4. The molecule has 0 saturated heterocycles. The number of hydrogen-bond acceptors (Lipinski definition) is 6. The van der Waals surface area contributed by atoms with Crippen molar-refractivity contribution in [2.24, 2.45) is 0 Å². The molecule has 3 rings (SSSR count). The van der Waals surface area contributed by atoms with Gasteiger partial charge in [-0.2, -0.15) is 5.10 Å². The van der Waals surface area contributed by atoms with Crippen molar-refractivity contribution >= 4 is 10.0 Å². The Bertz CT molecular complexity index is 809. The largest absolute Gasteiger partial charge is 0.465 e. The summed E-state index contributed by atoms with van der Waals surface area (Å²) >= 11 is 0. The predicted molar refractivity (Wildman–Crippen MR) is 81.2 cm³/mol. The van der Waals surface area contributed by atoms with Crippen LogP contribution in [0.1, 0.15) is 42.1 Å². The third kappa shape index (κ3) is 3.17. The van der Waals surface area contributed by atoms with Crippen LogP contribution in [0.25, 0.3) is 0 Å². The summed E-state index contributed by atoms with van der Waals surface area (Å²) in [5.74, 6) is 2.14. The van der Waals surface area contributed by atoms with Crippen molar-refractivity contribution in [3.05, 3.63) is 29.2 Å². The van der Waals surface area contributed by atoms with Gasteiger partial charge in [-0.05, 0) is 32.8 Å². The maximum atomic E-state index is 12.6. The summed E-state index contributed by atoms with van der Waals surface area (Å²) in [7, 11) is -2.10. The molecule has 3 heterocycles. The normalized spacial score (nSPS) is 18.1. The number of aryl methyl sites for hydroxylation is 3. The molecule has 1 N–H and O–H groups in total. The lowest BCUT2D eigenvalue weighted by Gasteiger charge is -2.22. The van der Waals surface area contributed by atoms with Crippen LogP contribution in [0.3, 0.4) is 0 Å². The van der Waals surface area contributed by atoms with Gasteiger partial charge in [0, 0.05) is 13.7 Å². The van der Waals surface area contributed by atoms with Gasteiger partial charge in [-0.15, -0.1) is 0 Å². The summed E-state index contributed by atoms with van der Waals surface area (Å²) in [6.45, 7) is 4.40. The number of methoxy groups -OCH3 is 1. The van der Waals surface area contributed by atoms with Crippen LogP contribution >= 0.6 is 0 Å². The Morgan fingerprint density at radius 1 is 1.48 bits per heavy atom. The quantitative estimate of drug-likeness (QED) is 0.884. The number of furan rings is 1. The highest BCUT2D eigenvalue weighted by atomic mass is 32.2. The SMILES string of the molecule is COCc1nc2n(n1)CCC[C@@H]2NS(=O)(=O)c1cc(C)oc1C. The van der Waals surface area contributed by atoms with Crippen LogP contribution in [0.2, 0.25) is 0 Å². The van der Waals surface area contributed by atoms with E-state index in [1.807, 2.05) is 0 Å². The van der Waals surface area contributed by atoms with Crippen molar-refractivity contribution in [1.29, 1.82) is 0 Å². The van der Waals surface area contributed by atoms with Crippen LogP contribution < -0.4 is 4.72 Å². The van der Waals surface area contributed by atoms with Crippen LogP contribution in [0.5, 0.6) is 0 Å². The van der Waals surface area contributed by atoms with E-state index in [0.717, 1.165) is 13.0 Å². The van der Waals surface area contributed by atoms with Crippen molar-refractivity contribution in [2.75, 3.05) is 7.11 Å². The third-order valence-corrected chi connectivity index (χ3v) is 5.35. The van der Waals surface area contributed by atoms with Gasteiger partial charge in [0.2, 0.25) is 10.0 Å². The summed E-state index contributed by atoms with van der Waals surface area (Å²) in [6, 6.07) is 1.13. The summed E-state index contributed by atoms with van der Waals surface area (Å²) in [6.07, 6.45) is 1.51. The molecule has 126 valence electrons. The topological polar surface area (TPSA) is 99.2 Å². The van der Waals surface area contributed by atoms with Crippen LogP contribution in [0.15, 0.2) is 15.4 Å². The molecule has 0 radical (unpaired) electrons. The molecule has 0 aromatic carbocycles. The standard InChI is InChI=1S/C14H20N4O4S/c1-9-7-12(10(2)22-9)23(19,20)17-11-5-4-6-18-14(11)15-13(16-18)8-21-3/h7,11,17H,4-6,8H2,1-3H3/t11-/m0/s1. The highest BCUT2D eigenvalue weighted by Crippen LogP contribution is 2.27. The predicted octanol–water partition coefficient (Wildman–Crippen LogP) is 1.45. The molecule has 1 aliphatic heterocycles. The Morgan fingerprint density at radius 2 is 2.26 bits per heavy atom. The average molecular weight is 340 g/mol. The summed E-state index contributed by atoms with van der Waals surface area (Å²) in [5, 5.41) is 4.34. The molecule has 2 aromatic rings. The average Bonchev–Trinajstić information content (AvgIpc) is 3.02. The second-order valence-corrected chi connectivity index (χ2v) is 7.32.